The van der Waals surface area contributed by atoms with Gasteiger partial charge in [0.25, 0.3) is 0 Å². The molecular weight excluding hydrogens is 433 g/mol. The van der Waals surface area contributed by atoms with Crippen LogP contribution in [0.5, 0.6) is 0 Å². The van der Waals surface area contributed by atoms with Gasteiger partial charge in [0.1, 0.15) is 5.69 Å². The summed E-state index contributed by atoms with van der Waals surface area (Å²) in [4.78, 5) is 0. The van der Waals surface area contributed by atoms with Gasteiger partial charge in [-0.1, -0.05) is 103 Å². The summed E-state index contributed by atoms with van der Waals surface area (Å²) in [5.41, 5.74) is 2.15. The Bertz CT molecular complexity index is 643. The third-order valence-electron chi connectivity index (χ3n) is 6.07. The summed E-state index contributed by atoms with van der Waals surface area (Å²) in [6, 6.07) is 8.11. The minimum Gasteiger partial charge on any atom is -0.298 e. The first-order valence-electron chi connectivity index (χ1n) is 13.2. The third-order valence-corrected chi connectivity index (χ3v) is 7.46. The second kappa shape index (κ2) is 17.7. The van der Waals surface area contributed by atoms with E-state index in [4.69, 9.17) is 13.6 Å². The van der Waals surface area contributed by atoms with Crippen LogP contribution in [0.4, 0.5) is 5.69 Å². The Morgan fingerprint density at radius 1 is 0.697 bits per heavy atom. The van der Waals surface area contributed by atoms with Crippen molar-refractivity contribution in [3.05, 3.63) is 29.8 Å². The summed E-state index contributed by atoms with van der Waals surface area (Å²) in [6.45, 7) is 2.89. The molecule has 0 aliphatic rings. The number of nitrogens with zero attached hydrogens (tertiary/aromatic N) is 1. The number of hydrogen-bond acceptors (Lipinski definition) is 4. The molecule has 0 amide bonds. The largest absolute Gasteiger partial charge is 0.474 e. The highest BCUT2D eigenvalue weighted by Crippen LogP contribution is 2.49. The summed E-state index contributed by atoms with van der Waals surface area (Å²) < 4.78 is 29.5. The van der Waals surface area contributed by atoms with Crippen molar-refractivity contribution in [2.24, 2.45) is 0 Å². The van der Waals surface area contributed by atoms with Crippen molar-refractivity contribution in [2.45, 2.75) is 103 Å². The highest BCUT2D eigenvalue weighted by Gasteiger charge is 2.24. The molecule has 0 spiro atoms. The maximum Gasteiger partial charge on any atom is 0.474 e. The van der Waals surface area contributed by atoms with Crippen molar-refractivity contribution < 1.29 is 18.1 Å². The van der Waals surface area contributed by atoms with Gasteiger partial charge in [-0.25, -0.2) is 4.57 Å². The SMILES string of the molecule is CCCCCCCCCCCCCCCCOP(=O)(OC)OCc1ccc([N+](C)(C)C)cc1. The number of rotatable bonds is 21. The monoisotopic (exact) mass is 484 g/mol. The van der Waals surface area contributed by atoms with Crippen LogP contribution in [-0.2, 0) is 24.7 Å². The molecule has 1 aromatic rings. The number of quaternary nitrogens is 1. The third kappa shape index (κ3) is 15.0. The van der Waals surface area contributed by atoms with Crippen molar-refractivity contribution >= 4 is 13.5 Å². The van der Waals surface area contributed by atoms with Crippen molar-refractivity contribution in [1.29, 1.82) is 0 Å². The Balaban J connectivity index is 2.05. The number of benzene rings is 1. The number of hydrogen-bond donors (Lipinski definition) is 0. The van der Waals surface area contributed by atoms with Gasteiger partial charge in [0, 0.05) is 7.11 Å². The maximum absolute atomic E-state index is 12.6. The van der Waals surface area contributed by atoms with E-state index in [0.29, 0.717) is 6.61 Å². The van der Waals surface area contributed by atoms with Gasteiger partial charge in [0.15, 0.2) is 0 Å². The summed E-state index contributed by atoms with van der Waals surface area (Å²) in [5.74, 6) is 0. The summed E-state index contributed by atoms with van der Waals surface area (Å²) in [5, 5.41) is 0. The summed E-state index contributed by atoms with van der Waals surface area (Å²) in [6.07, 6.45) is 18.3. The van der Waals surface area contributed by atoms with Crippen LogP contribution >= 0.6 is 7.82 Å². The molecule has 0 saturated heterocycles. The van der Waals surface area contributed by atoms with E-state index in [2.05, 4.69) is 40.2 Å². The van der Waals surface area contributed by atoms with E-state index < -0.39 is 7.82 Å². The number of phosphoric acid groups is 1. The Morgan fingerprint density at radius 3 is 1.58 bits per heavy atom. The topological polar surface area (TPSA) is 44.8 Å². The molecule has 0 N–H and O–H groups in total. The molecule has 0 radical (unpaired) electrons. The zero-order valence-electron chi connectivity index (χ0n) is 22.2. The van der Waals surface area contributed by atoms with E-state index in [1.165, 1.54) is 89.8 Å². The van der Waals surface area contributed by atoms with Crippen LogP contribution in [0.2, 0.25) is 0 Å². The van der Waals surface area contributed by atoms with Crippen molar-refractivity contribution in [3.8, 4) is 0 Å². The van der Waals surface area contributed by atoms with Gasteiger partial charge in [0.05, 0.1) is 34.4 Å². The molecule has 192 valence electrons. The minimum absolute atomic E-state index is 0.210. The van der Waals surface area contributed by atoms with Crippen molar-refractivity contribution in [3.63, 3.8) is 0 Å². The fourth-order valence-corrected chi connectivity index (χ4v) is 4.75. The van der Waals surface area contributed by atoms with E-state index in [9.17, 15) is 4.57 Å². The van der Waals surface area contributed by atoms with Crippen molar-refractivity contribution in [1.82, 2.24) is 4.48 Å². The molecular formula is C27H51NO4P+. The molecule has 0 saturated carbocycles. The predicted octanol–water partition coefficient (Wildman–Crippen LogP) is 8.65. The first-order chi connectivity index (χ1) is 15.8. The molecule has 1 rings (SSSR count). The van der Waals surface area contributed by atoms with Crippen LogP contribution in [0.25, 0.3) is 0 Å². The molecule has 33 heavy (non-hydrogen) atoms. The molecule has 0 heterocycles. The Kier molecular flexibility index (Phi) is 16.2. The van der Waals surface area contributed by atoms with E-state index in [1.54, 1.807) is 0 Å². The second-order valence-electron chi connectivity index (χ2n) is 10.0. The number of phosphoric ester groups is 1. The highest BCUT2D eigenvalue weighted by atomic mass is 31.2. The summed E-state index contributed by atoms with van der Waals surface area (Å²) >= 11 is 0. The molecule has 0 aromatic heterocycles. The van der Waals surface area contributed by atoms with Gasteiger partial charge in [-0.2, -0.15) is 0 Å². The van der Waals surface area contributed by atoms with E-state index in [0.717, 1.165) is 22.9 Å². The van der Waals surface area contributed by atoms with Crippen molar-refractivity contribution in [2.75, 3.05) is 34.9 Å². The van der Waals surface area contributed by atoms with Crippen LogP contribution in [0.15, 0.2) is 24.3 Å². The fraction of sp³-hybridized carbons (Fsp3) is 0.778. The molecule has 0 fully saturated rings. The molecule has 1 aromatic carbocycles. The molecule has 5 nitrogen and oxygen atoms in total. The first-order valence-corrected chi connectivity index (χ1v) is 14.6. The van der Waals surface area contributed by atoms with Crippen LogP contribution in [0, 0.1) is 0 Å². The van der Waals surface area contributed by atoms with Crippen LogP contribution in [-0.4, -0.2) is 34.9 Å². The maximum atomic E-state index is 12.6. The zero-order valence-corrected chi connectivity index (χ0v) is 23.0. The molecule has 1 unspecified atom stereocenters. The Labute approximate surface area is 204 Å². The minimum atomic E-state index is -3.50. The Hall–Kier alpha value is -0.710. The average Bonchev–Trinajstić information content (AvgIpc) is 2.80. The Morgan fingerprint density at radius 2 is 1.15 bits per heavy atom. The molecule has 0 aliphatic heterocycles. The standard InChI is InChI=1S/C27H51NO4P/c1-6-7-8-9-10-11-12-13-14-15-16-17-18-19-24-31-33(29,30-5)32-25-26-20-22-27(23-21-26)28(2,3)4/h20-23H,6-19,24-25H2,1-5H3/q+1. The quantitative estimate of drug-likeness (QED) is 0.0995. The molecule has 0 bridgehead atoms. The zero-order chi connectivity index (χ0) is 24.4. The average molecular weight is 485 g/mol. The van der Waals surface area contributed by atoms with E-state index >= 15 is 0 Å². The first kappa shape index (κ1) is 30.3. The van der Waals surface area contributed by atoms with Gasteiger partial charge in [-0.05, 0) is 24.1 Å². The predicted molar refractivity (Wildman–Crippen MR) is 142 cm³/mol. The van der Waals surface area contributed by atoms with Gasteiger partial charge in [-0.3, -0.25) is 18.1 Å². The van der Waals surface area contributed by atoms with Crippen LogP contribution in [0.1, 0.15) is 102 Å². The lowest BCUT2D eigenvalue weighted by Gasteiger charge is -2.23. The smallest absolute Gasteiger partial charge is 0.298 e. The summed E-state index contributed by atoms with van der Waals surface area (Å²) in [7, 11) is 4.24. The molecule has 0 aliphatic carbocycles. The highest BCUT2D eigenvalue weighted by molar-refractivity contribution is 7.48. The lowest BCUT2D eigenvalue weighted by molar-refractivity contribution is 0.123. The molecule has 1 atom stereocenters. The lowest BCUT2D eigenvalue weighted by atomic mass is 10.0. The lowest BCUT2D eigenvalue weighted by Crippen LogP contribution is -2.34. The van der Waals surface area contributed by atoms with Gasteiger partial charge in [0.2, 0.25) is 0 Å². The van der Waals surface area contributed by atoms with Gasteiger partial charge >= 0.3 is 7.82 Å². The van der Waals surface area contributed by atoms with Gasteiger partial charge in [-0.15, -0.1) is 0 Å². The fourth-order valence-electron chi connectivity index (χ4n) is 3.81. The van der Waals surface area contributed by atoms with E-state index in [-0.39, 0.29) is 6.61 Å². The van der Waals surface area contributed by atoms with Crippen LogP contribution < -0.4 is 4.48 Å². The van der Waals surface area contributed by atoms with E-state index in [1.807, 2.05) is 12.1 Å². The number of unbranched alkanes of at least 4 members (excludes halogenated alkanes) is 13. The second-order valence-corrected chi connectivity index (χ2v) is 11.8. The van der Waals surface area contributed by atoms with Gasteiger partial charge < -0.3 is 0 Å². The van der Waals surface area contributed by atoms with Crippen LogP contribution in [0.3, 0.4) is 0 Å². The normalized spacial score (nSPS) is 13.8. The molecule has 6 heteroatoms.